The molecule has 0 amide bonds. The molecule has 0 radical (unpaired) electrons. The molecular formula is C21H34OS3. The second-order valence-corrected chi connectivity index (χ2v) is 9.25. The van der Waals surface area contributed by atoms with Crippen molar-refractivity contribution in [1.29, 1.82) is 0 Å². The summed E-state index contributed by atoms with van der Waals surface area (Å²) in [5.74, 6) is 3.16. The smallest absolute Gasteiger partial charge is 0.127 e. The molecule has 0 aliphatic carbocycles. The zero-order valence-electron chi connectivity index (χ0n) is 16.3. The molecular weight excluding hydrogens is 364 g/mol. The quantitative estimate of drug-likeness (QED) is 0.293. The summed E-state index contributed by atoms with van der Waals surface area (Å²) in [6.07, 6.45) is 4.57. The maximum Gasteiger partial charge on any atom is 0.127 e. The molecule has 0 saturated carbocycles. The molecule has 0 aromatic heterocycles. The first-order valence-corrected chi connectivity index (χ1v) is 11.3. The van der Waals surface area contributed by atoms with Crippen LogP contribution in [0.1, 0.15) is 77.3 Å². The summed E-state index contributed by atoms with van der Waals surface area (Å²) in [7, 11) is 0. The van der Waals surface area contributed by atoms with Gasteiger partial charge in [-0.3, -0.25) is 0 Å². The maximum absolute atomic E-state index is 6.09. The van der Waals surface area contributed by atoms with Crippen LogP contribution >= 0.6 is 37.0 Å². The van der Waals surface area contributed by atoms with Crippen LogP contribution in [-0.2, 0) is 0 Å². The van der Waals surface area contributed by atoms with E-state index in [0.29, 0.717) is 11.8 Å². The summed E-state index contributed by atoms with van der Waals surface area (Å²) >= 11 is 11.3. The summed E-state index contributed by atoms with van der Waals surface area (Å²) in [6.45, 7) is 11.9. The molecule has 0 heterocycles. The third-order valence-corrected chi connectivity index (χ3v) is 6.71. The highest BCUT2D eigenvalue weighted by Crippen LogP contribution is 2.39. The molecule has 0 bridgehead atoms. The van der Waals surface area contributed by atoms with Crippen LogP contribution in [0, 0.1) is 5.92 Å². The SMILES string of the molecule is CCCCS/C(S)=C(/S)c1cc(C(C)CC)ccc1OCCC(C)C. The van der Waals surface area contributed by atoms with Gasteiger partial charge in [0.05, 0.1) is 10.8 Å². The molecule has 0 aliphatic heterocycles. The Morgan fingerprint density at radius 1 is 1.16 bits per heavy atom. The molecule has 1 rings (SSSR count). The maximum atomic E-state index is 6.09. The van der Waals surface area contributed by atoms with E-state index < -0.39 is 0 Å². The lowest BCUT2D eigenvalue weighted by atomic mass is 9.96. The summed E-state index contributed by atoms with van der Waals surface area (Å²) in [4.78, 5) is 0.925. The van der Waals surface area contributed by atoms with Crippen molar-refractivity contribution < 1.29 is 4.74 Å². The first-order chi connectivity index (χ1) is 11.9. The van der Waals surface area contributed by atoms with Gasteiger partial charge in [-0.1, -0.05) is 47.1 Å². The van der Waals surface area contributed by atoms with Crippen molar-refractivity contribution in [2.75, 3.05) is 12.4 Å². The number of unbranched alkanes of at least 4 members (excludes halogenated alkanes) is 1. The van der Waals surface area contributed by atoms with Gasteiger partial charge in [0.25, 0.3) is 0 Å². The molecule has 4 heteroatoms. The van der Waals surface area contributed by atoms with Gasteiger partial charge in [-0.15, -0.1) is 37.0 Å². The summed E-state index contributed by atoms with van der Waals surface area (Å²) < 4.78 is 7.07. The summed E-state index contributed by atoms with van der Waals surface area (Å²) in [5, 5.41) is 0. The van der Waals surface area contributed by atoms with E-state index in [4.69, 9.17) is 30.0 Å². The van der Waals surface area contributed by atoms with Gasteiger partial charge in [-0.05, 0) is 54.5 Å². The van der Waals surface area contributed by atoms with Gasteiger partial charge in [0.15, 0.2) is 0 Å². The van der Waals surface area contributed by atoms with E-state index in [2.05, 4.69) is 52.8 Å². The second kappa shape index (κ2) is 12.2. The van der Waals surface area contributed by atoms with Crippen LogP contribution in [0.2, 0.25) is 0 Å². The molecule has 0 fully saturated rings. The Morgan fingerprint density at radius 3 is 2.48 bits per heavy atom. The van der Waals surface area contributed by atoms with Gasteiger partial charge in [0.2, 0.25) is 0 Å². The molecule has 0 N–H and O–H groups in total. The van der Waals surface area contributed by atoms with E-state index in [1.54, 1.807) is 11.8 Å². The lowest BCUT2D eigenvalue weighted by Crippen LogP contribution is -2.04. The average molecular weight is 399 g/mol. The van der Waals surface area contributed by atoms with Crippen molar-refractivity contribution in [3.05, 3.63) is 33.6 Å². The normalized spacial score (nSPS) is 13.8. The molecule has 0 saturated heterocycles. The minimum Gasteiger partial charge on any atom is -0.493 e. The first kappa shape index (κ1) is 22.9. The fourth-order valence-electron chi connectivity index (χ4n) is 2.30. The van der Waals surface area contributed by atoms with Crippen LogP contribution in [0.5, 0.6) is 5.75 Å². The van der Waals surface area contributed by atoms with E-state index >= 15 is 0 Å². The predicted molar refractivity (Wildman–Crippen MR) is 122 cm³/mol. The predicted octanol–water partition coefficient (Wildman–Crippen LogP) is 7.64. The van der Waals surface area contributed by atoms with Crippen molar-refractivity contribution in [2.24, 2.45) is 5.92 Å². The Balaban J connectivity index is 3.09. The fraction of sp³-hybridized carbons (Fsp3) is 0.619. The number of thioether (sulfide) groups is 1. The van der Waals surface area contributed by atoms with Crippen LogP contribution in [0.4, 0.5) is 0 Å². The van der Waals surface area contributed by atoms with Crippen molar-refractivity contribution in [2.45, 2.75) is 66.2 Å². The minimum atomic E-state index is 0.528. The monoisotopic (exact) mass is 398 g/mol. The highest BCUT2D eigenvalue weighted by atomic mass is 32.2. The molecule has 0 spiro atoms. The Labute approximate surface area is 170 Å². The number of ether oxygens (including phenoxy) is 1. The van der Waals surface area contributed by atoms with E-state index in [1.165, 1.54) is 18.4 Å². The zero-order chi connectivity index (χ0) is 18.8. The Kier molecular flexibility index (Phi) is 11.2. The standard InChI is InChI=1S/C21H34OS3/c1-6-8-13-25-21(24)20(23)18-14-17(16(5)7-2)9-10-19(18)22-12-11-15(3)4/h9-10,14-16,23-24H,6-8,11-13H2,1-5H3/b21-20+. The van der Waals surface area contributed by atoms with Crippen LogP contribution in [0.15, 0.2) is 22.4 Å². The van der Waals surface area contributed by atoms with E-state index in [1.807, 2.05) is 0 Å². The van der Waals surface area contributed by atoms with E-state index in [-0.39, 0.29) is 0 Å². The van der Waals surface area contributed by atoms with Gasteiger partial charge < -0.3 is 4.74 Å². The van der Waals surface area contributed by atoms with Gasteiger partial charge in [-0.2, -0.15) is 0 Å². The lowest BCUT2D eigenvalue weighted by Gasteiger charge is -2.17. The zero-order valence-corrected chi connectivity index (χ0v) is 18.9. The largest absolute Gasteiger partial charge is 0.493 e. The average Bonchev–Trinajstić information content (AvgIpc) is 2.60. The number of benzene rings is 1. The molecule has 1 nitrogen and oxygen atoms in total. The molecule has 1 unspecified atom stereocenters. The Bertz CT molecular complexity index is 552. The van der Waals surface area contributed by atoms with Crippen LogP contribution in [0.25, 0.3) is 4.91 Å². The molecule has 1 aromatic rings. The third kappa shape index (κ3) is 7.92. The first-order valence-electron chi connectivity index (χ1n) is 9.42. The Hall–Kier alpha value is -0.190. The highest BCUT2D eigenvalue weighted by Gasteiger charge is 2.14. The minimum absolute atomic E-state index is 0.528. The van der Waals surface area contributed by atoms with Crippen molar-refractivity contribution in [3.63, 3.8) is 0 Å². The van der Waals surface area contributed by atoms with E-state index in [9.17, 15) is 0 Å². The van der Waals surface area contributed by atoms with Crippen LogP contribution < -0.4 is 4.74 Å². The van der Waals surface area contributed by atoms with Crippen molar-refractivity contribution >= 4 is 41.9 Å². The van der Waals surface area contributed by atoms with Gasteiger partial charge in [0, 0.05) is 10.5 Å². The van der Waals surface area contributed by atoms with Gasteiger partial charge >= 0.3 is 0 Å². The van der Waals surface area contributed by atoms with Crippen molar-refractivity contribution in [1.82, 2.24) is 0 Å². The lowest BCUT2D eigenvalue weighted by molar-refractivity contribution is 0.289. The number of rotatable bonds is 11. The fourth-order valence-corrected chi connectivity index (χ4v) is 3.94. The number of thiol groups is 2. The van der Waals surface area contributed by atoms with Gasteiger partial charge in [-0.25, -0.2) is 0 Å². The molecule has 25 heavy (non-hydrogen) atoms. The van der Waals surface area contributed by atoms with Crippen LogP contribution in [0.3, 0.4) is 0 Å². The third-order valence-electron chi connectivity index (χ3n) is 4.33. The molecule has 0 aliphatic rings. The number of hydrogen-bond acceptors (Lipinski definition) is 4. The molecule has 1 atom stereocenters. The number of hydrogen-bond donors (Lipinski definition) is 2. The highest BCUT2D eigenvalue weighted by molar-refractivity contribution is 8.16. The Morgan fingerprint density at radius 2 is 1.88 bits per heavy atom. The summed E-state index contributed by atoms with van der Waals surface area (Å²) in [6, 6.07) is 6.52. The molecule has 142 valence electrons. The van der Waals surface area contributed by atoms with E-state index in [0.717, 1.165) is 45.7 Å². The van der Waals surface area contributed by atoms with Crippen molar-refractivity contribution in [3.8, 4) is 5.75 Å². The van der Waals surface area contributed by atoms with Gasteiger partial charge in [0.1, 0.15) is 5.75 Å². The molecule has 1 aromatic carbocycles. The van der Waals surface area contributed by atoms with Crippen LogP contribution in [-0.4, -0.2) is 12.4 Å². The summed E-state index contributed by atoms with van der Waals surface area (Å²) in [5.41, 5.74) is 2.40. The second-order valence-electron chi connectivity index (χ2n) is 6.95. The topological polar surface area (TPSA) is 9.23 Å².